The Kier molecular flexibility index (Phi) is 5.90. The first-order chi connectivity index (χ1) is 14.9. The first kappa shape index (κ1) is 20.9. The van der Waals surface area contributed by atoms with Gasteiger partial charge in [0.25, 0.3) is 5.24 Å². The Morgan fingerprint density at radius 2 is 1.94 bits per heavy atom. The van der Waals surface area contributed by atoms with Gasteiger partial charge in [0.2, 0.25) is 11.8 Å². The summed E-state index contributed by atoms with van der Waals surface area (Å²) < 4.78 is 1.95. The number of fused-ring (bicyclic) bond motifs is 1. The maximum Gasteiger partial charge on any atom is 0.288 e. The van der Waals surface area contributed by atoms with Gasteiger partial charge in [-0.15, -0.1) is 0 Å². The van der Waals surface area contributed by atoms with E-state index in [1.807, 2.05) is 60.8 Å². The van der Waals surface area contributed by atoms with Gasteiger partial charge in [0.15, 0.2) is 0 Å². The molecule has 1 fully saturated rings. The van der Waals surface area contributed by atoms with E-state index in [0.717, 1.165) is 50.4 Å². The van der Waals surface area contributed by atoms with Crippen LogP contribution in [0.2, 0.25) is 0 Å². The maximum absolute atomic E-state index is 12.3. The second kappa shape index (κ2) is 8.77. The van der Waals surface area contributed by atoms with Gasteiger partial charge in [-0.2, -0.15) is 0 Å². The molecule has 0 bridgehead atoms. The van der Waals surface area contributed by atoms with E-state index in [-0.39, 0.29) is 35.9 Å². The number of thioether (sulfide) groups is 1. The van der Waals surface area contributed by atoms with E-state index in [1.165, 1.54) is 6.08 Å². The number of nitrogens with zero attached hydrogens (tertiary/aromatic N) is 3. The van der Waals surface area contributed by atoms with Crippen molar-refractivity contribution in [3.05, 3.63) is 65.5 Å². The summed E-state index contributed by atoms with van der Waals surface area (Å²) >= 11 is 0.984. The molecule has 1 aliphatic heterocycles. The summed E-state index contributed by atoms with van der Waals surface area (Å²) in [7, 11) is 0. The molecule has 8 heteroatoms. The monoisotopic (exact) mass is 434 g/mol. The topological polar surface area (TPSA) is 83.8 Å². The Balaban J connectivity index is 1.53. The summed E-state index contributed by atoms with van der Waals surface area (Å²) in [6.07, 6.45) is 5.13. The van der Waals surface area contributed by atoms with E-state index < -0.39 is 0 Å². The molecule has 0 unspecified atom stereocenters. The van der Waals surface area contributed by atoms with Gasteiger partial charge in [0, 0.05) is 30.9 Å². The zero-order valence-corrected chi connectivity index (χ0v) is 18.1. The predicted octanol–water partition coefficient (Wildman–Crippen LogP) is 3.44. The summed E-state index contributed by atoms with van der Waals surface area (Å²) in [4.78, 5) is 41.5. The molecule has 0 atom stereocenters. The average molecular weight is 435 g/mol. The molecular formula is C23H22N4O3S. The number of hydrogen-bond donors (Lipinski definition) is 1. The molecule has 3 aromatic rings. The number of imidazole rings is 1. The first-order valence-electron chi connectivity index (χ1n) is 9.91. The fourth-order valence-electron chi connectivity index (χ4n) is 3.35. The fraction of sp³-hybridized carbons (Fsp3) is 0.217. The molecule has 0 radical (unpaired) electrons. The number of carbonyl (C=O) groups is 3. The van der Waals surface area contributed by atoms with Crippen LogP contribution in [0.5, 0.6) is 0 Å². The lowest BCUT2D eigenvalue weighted by atomic mass is 10.1. The highest BCUT2D eigenvalue weighted by atomic mass is 32.2. The van der Waals surface area contributed by atoms with Crippen molar-refractivity contribution in [1.82, 2.24) is 19.6 Å². The van der Waals surface area contributed by atoms with E-state index in [2.05, 4.69) is 5.32 Å². The molecule has 1 aliphatic rings. The number of imide groups is 1. The molecule has 0 saturated carbocycles. The highest BCUT2D eigenvalue weighted by molar-refractivity contribution is 8.14. The Bertz CT molecular complexity index is 1180. The number of carbonyl (C=O) groups excluding carboxylic acids is 3. The van der Waals surface area contributed by atoms with Gasteiger partial charge in [0.1, 0.15) is 5.65 Å². The second-order valence-corrected chi connectivity index (χ2v) is 8.29. The van der Waals surface area contributed by atoms with Crippen LogP contribution < -0.4 is 5.32 Å². The Hall–Kier alpha value is -3.39. The van der Waals surface area contributed by atoms with Crippen molar-refractivity contribution in [2.45, 2.75) is 13.8 Å². The number of aryl methyl sites for hydroxylation is 2. The zero-order valence-electron chi connectivity index (χ0n) is 17.3. The molecule has 4 rings (SSSR count). The summed E-state index contributed by atoms with van der Waals surface area (Å²) in [5, 5.41) is 2.46. The quantitative estimate of drug-likeness (QED) is 0.601. The van der Waals surface area contributed by atoms with Crippen LogP contribution in [0.25, 0.3) is 23.0 Å². The molecule has 3 amide bonds. The third-order valence-electron chi connectivity index (χ3n) is 5.01. The molecule has 0 aliphatic carbocycles. The van der Waals surface area contributed by atoms with E-state index in [1.54, 1.807) is 6.08 Å². The number of rotatable bonds is 6. The third kappa shape index (κ3) is 4.54. The van der Waals surface area contributed by atoms with Crippen molar-refractivity contribution in [3.63, 3.8) is 0 Å². The van der Waals surface area contributed by atoms with Gasteiger partial charge in [0.05, 0.1) is 17.1 Å². The van der Waals surface area contributed by atoms with Crippen molar-refractivity contribution in [2.24, 2.45) is 0 Å². The highest BCUT2D eigenvalue weighted by Crippen LogP contribution is 2.26. The SMILES string of the molecule is Cc1ccc(-c2nc3cc(C)ccn3c2/C=C/C(=O)NCCN2C(=O)CSC2=O)cc1. The lowest BCUT2D eigenvalue weighted by Gasteiger charge is -2.12. The van der Waals surface area contributed by atoms with Gasteiger partial charge in [-0.3, -0.25) is 23.7 Å². The minimum atomic E-state index is -0.302. The first-order valence-corrected chi connectivity index (χ1v) is 10.9. The molecule has 7 nitrogen and oxygen atoms in total. The molecule has 3 heterocycles. The van der Waals surface area contributed by atoms with Crippen LogP contribution in [-0.4, -0.2) is 50.2 Å². The molecule has 1 saturated heterocycles. The Labute approximate surface area is 184 Å². The second-order valence-electron chi connectivity index (χ2n) is 7.37. The Morgan fingerprint density at radius 1 is 1.16 bits per heavy atom. The van der Waals surface area contributed by atoms with Gasteiger partial charge in [-0.25, -0.2) is 4.98 Å². The normalized spacial score (nSPS) is 14.2. The number of hydrogen-bond acceptors (Lipinski definition) is 5. The van der Waals surface area contributed by atoms with Gasteiger partial charge >= 0.3 is 0 Å². The molecular weight excluding hydrogens is 412 g/mol. The minimum Gasteiger partial charge on any atom is -0.351 e. The van der Waals surface area contributed by atoms with Crippen molar-refractivity contribution in [1.29, 1.82) is 0 Å². The minimum absolute atomic E-state index is 0.169. The maximum atomic E-state index is 12.3. The molecule has 1 aromatic carbocycles. The van der Waals surface area contributed by atoms with Crippen LogP contribution in [0, 0.1) is 13.8 Å². The summed E-state index contributed by atoms with van der Waals surface area (Å²) in [6.45, 7) is 4.42. The van der Waals surface area contributed by atoms with Crippen LogP contribution in [0.3, 0.4) is 0 Å². The number of pyridine rings is 1. The Morgan fingerprint density at radius 3 is 2.65 bits per heavy atom. The number of benzene rings is 1. The highest BCUT2D eigenvalue weighted by Gasteiger charge is 2.29. The van der Waals surface area contributed by atoms with E-state index in [0.29, 0.717) is 0 Å². The van der Waals surface area contributed by atoms with Crippen molar-refractivity contribution < 1.29 is 14.4 Å². The number of nitrogens with one attached hydrogen (secondary N) is 1. The van der Waals surface area contributed by atoms with Crippen molar-refractivity contribution in [2.75, 3.05) is 18.8 Å². The summed E-state index contributed by atoms with van der Waals surface area (Å²) in [5.74, 6) is -0.352. The molecule has 31 heavy (non-hydrogen) atoms. The van der Waals surface area contributed by atoms with Crippen LogP contribution in [-0.2, 0) is 9.59 Å². The van der Waals surface area contributed by atoms with Crippen molar-refractivity contribution in [3.8, 4) is 11.3 Å². The summed E-state index contributed by atoms with van der Waals surface area (Å²) in [5.41, 5.74) is 5.63. The van der Waals surface area contributed by atoms with Crippen LogP contribution in [0.15, 0.2) is 48.7 Å². The van der Waals surface area contributed by atoms with Crippen LogP contribution in [0.1, 0.15) is 16.8 Å². The number of aromatic nitrogens is 2. The van der Waals surface area contributed by atoms with Gasteiger partial charge < -0.3 is 5.32 Å². The van der Waals surface area contributed by atoms with Gasteiger partial charge in [-0.1, -0.05) is 41.6 Å². The molecule has 0 spiro atoms. The average Bonchev–Trinajstić information content (AvgIpc) is 3.26. The fourth-order valence-corrected chi connectivity index (χ4v) is 4.10. The van der Waals surface area contributed by atoms with E-state index >= 15 is 0 Å². The zero-order chi connectivity index (χ0) is 22.0. The largest absolute Gasteiger partial charge is 0.351 e. The summed E-state index contributed by atoms with van der Waals surface area (Å²) in [6, 6.07) is 12.1. The van der Waals surface area contributed by atoms with Crippen LogP contribution >= 0.6 is 11.8 Å². The van der Waals surface area contributed by atoms with E-state index in [9.17, 15) is 14.4 Å². The lowest BCUT2D eigenvalue weighted by Crippen LogP contribution is -2.37. The van der Waals surface area contributed by atoms with Gasteiger partial charge in [-0.05, 0) is 37.6 Å². The number of amides is 3. The third-order valence-corrected chi connectivity index (χ3v) is 5.87. The molecule has 1 N–H and O–H groups in total. The predicted molar refractivity (Wildman–Crippen MR) is 122 cm³/mol. The standard InChI is InChI=1S/C23H22N4O3S/c1-15-3-5-17(6-4-15)22-18(26-11-9-16(2)13-19(26)25-22)7-8-20(28)24-10-12-27-21(29)14-31-23(27)30/h3-9,11,13H,10,12,14H2,1-2H3,(H,24,28)/b8-7+. The van der Waals surface area contributed by atoms with E-state index in [4.69, 9.17) is 4.98 Å². The van der Waals surface area contributed by atoms with Crippen molar-refractivity contribution >= 4 is 40.5 Å². The molecule has 2 aromatic heterocycles. The smallest absolute Gasteiger partial charge is 0.288 e. The molecule has 158 valence electrons. The van der Waals surface area contributed by atoms with Crippen LogP contribution in [0.4, 0.5) is 4.79 Å². The lowest BCUT2D eigenvalue weighted by molar-refractivity contribution is -0.125.